The van der Waals surface area contributed by atoms with Crippen LogP contribution in [-0.2, 0) is 9.59 Å². The maximum absolute atomic E-state index is 14.8. The third kappa shape index (κ3) is 3.50. The lowest BCUT2D eigenvalue weighted by Gasteiger charge is -2.26. The zero-order chi connectivity index (χ0) is 22.3. The highest BCUT2D eigenvalue weighted by atomic mass is 19.1. The average molecular weight is 419 g/mol. The van der Waals surface area contributed by atoms with Gasteiger partial charge in [0.15, 0.2) is 0 Å². The molecule has 3 aromatic rings. The molecule has 31 heavy (non-hydrogen) atoms. The first-order chi connectivity index (χ1) is 14.8. The molecular weight excluding hydrogens is 400 g/mol. The van der Waals surface area contributed by atoms with Gasteiger partial charge in [-0.15, -0.1) is 0 Å². The van der Waals surface area contributed by atoms with Crippen LogP contribution in [-0.4, -0.2) is 16.8 Å². The summed E-state index contributed by atoms with van der Waals surface area (Å²) in [5.74, 6) is -3.43. The molecule has 156 valence electrons. The van der Waals surface area contributed by atoms with Gasteiger partial charge in [0.1, 0.15) is 17.4 Å². The Morgan fingerprint density at radius 3 is 2.23 bits per heavy atom. The molecule has 1 unspecified atom stereocenters. The quantitative estimate of drug-likeness (QED) is 0.360. The first-order valence-electron chi connectivity index (χ1n) is 9.68. The zero-order valence-corrected chi connectivity index (χ0v) is 16.9. The number of amides is 1. The van der Waals surface area contributed by atoms with E-state index in [9.17, 15) is 23.5 Å². The fourth-order valence-corrected chi connectivity index (χ4v) is 3.73. The van der Waals surface area contributed by atoms with E-state index in [0.29, 0.717) is 5.69 Å². The van der Waals surface area contributed by atoms with Crippen LogP contribution < -0.4 is 4.90 Å². The van der Waals surface area contributed by atoms with Crippen LogP contribution in [0.4, 0.5) is 14.5 Å². The Morgan fingerprint density at radius 2 is 1.58 bits per heavy atom. The summed E-state index contributed by atoms with van der Waals surface area (Å²) in [6.45, 7) is 3.78. The number of benzene rings is 3. The van der Waals surface area contributed by atoms with Crippen LogP contribution in [0.1, 0.15) is 28.3 Å². The van der Waals surface area contributed by atoms with Gasteiger partial charge in [0.25, 0.3) is 11.7 Å². The lowest BCUT2D eigenvalue weighted by Crippen LogP contribution is -2.30. The molecule has 0 aromatic heterocycles. The number of Topliss-reactive ketones (excluding diaryl/α,β-unsaturated/α-hetero) is 1. The molecule has 1 fully saturated rings. The molecule has 1 aliphatic heterocycles. The average Bonchev–Trinajstić information content (AvgIpc) is 3.01. The van der Waals surface area contributed by atoms with Crippen molar-refractivity contribution < 1.29 is 23.5 Å². The maximum atomic E-state index is 14.8. The molecule has 1 amide bonds. The molecule has 0 saturated carbocycles. The summed E-state index contributed by atoms with van der Waals surface area (Å²) in [5, 5.41) is 10.9. The van der Waals surface area contributed by atoms with Gasteiger partial charge in [-0.2, -0.15) is 0 Å². The SMILES string of the molecule is Cc1ccc(N2C(=O)C(=O)/C(=C(/O)c3ccc(F)cc3)C2c2ccccc2F)cc1C. The summed E-state index contributed by atoms with van der Waals surface area (Å²) in [7, 11) is 0. The Hall–Kier alpha value is -3.80. The van der Waals surface area contributed by atoms with Crippen molar-refractivity contribution in [2.24, 2.45) is 0 Å². The van der Waals surface area contributed by atoms with Crippen LogP contribution in [0.5, 0.6) is 0 Å². The molecule has 0 bridgehead atoms. The van der Waals surface area contributed by atoms with Gasteiger partial charge in [0.2, 0.25) is 0 Å². The van der Waals surface area contributed by atoms with Gasteiger partial charge in [-0.25, -0.2) is 8.78 Å². The van der Waals surface area contributed by atoms with Crippen molar-refractivity contribution in [3.63, 3.8) is 0 Å². The molecule has 1 aliphatic rings. The third-order valence-corrected chi connectivity index (χ3v) is 5.53. The van der Waals surface area contributed by atoms with Gasteiger partial charge in [-0.3, -0.25) is 14.5 Å². The fourth-order valence-electron chi connectivity index (χ4n) is 3.73. The molecule has 0 aliphatic carbocycles. The van der Waals surface area contributed by atoms with E-state index in [1.165, 1.54) is 35.2 Å². The maximum Gasteiger partial charge on any atom is 0.300 e. The van der Waals surface area contributed by atoms with Crippen molar-refractivity contribution in [3.05, 3.63) is 106 Å². The van der Waals surface area contributed by atoms with Crippen molar-refractivity contribution in [2.45, 2.75) is 19.9 Å². The van der Waals surface area contributed by atoms with Gasteiger partial charge in [-0.05, 0) is 67.4 Å². The number of ketones is 1. The molecule has 3 aromatic carbocycles. The molecule has 6 heteroatoms. The topological polar surface area (TPSA) is 57.6 Å². The molecule has 0 radical (unpaired) electrons. The van der Waals surface area contributed by atoms with Crippen LogP contribution in [0.2, 0.25) is 0 Å². The van der Waals surface area contributed by atoms with Crippen molar-refractivity contribution >= 4 is 23.1 Å². The molecule has 1 N–H and O–H groups in total. The summed E-state index contributed by atoms with van der Waals surface area (Å²) in [5.41, 5.74) is 2.28. The van der Waals surface area contributed by atoms with Crippen molar-refractivity contribution in [2.75, 3.05) is 4.90 Å². The number of hydrogen-bond acceptors (Lipinski definition) is 3. The minimum Gasteiger partial charge on any atom is -0.507 e. The molecule has 1 heterocycles. The summed E-state index contributed by atoms with van der Waals surface area (Å²) in [6, 6.07) is 14.7. The Bertz CT molecular complexity index is 1230. The number of aliphatic hydroxyl groups is 1. The summed E-state index contributed by atoms with van der Waals surface area (Å²) >= 11 is 0. The van der Waals surface area contributed by atoms with Gasteiger partial charge in [0.05, 0.1) is 11.6 Å². The number of carbonyl (C=O) groups excluding carboxylic acids is 2. The standard InChI is InChI=1S/C25H19F2NO3/c1-14-7-12-18(13-15(14)2)28-22(19-5-3-4-6-20(19)27)21(24(30)25(28)31)23(29)16-8-10-17(26)11-9-16/h3-13,22,29H,1-2H3/b23-21+. The Labute approximate surface area is 178 Å². The zero-order valence-electron chi connectivity index (χ0n) is 16.9. The van der Waals surface area contributed by atoms with Crippen LogP contribution in [0, 0.1) is 25.5 Å². The lowest BCUT2D eigenvalue weighted by atomic mass is 9.94. The molecule has 4 nitrogen and oxygen atoms in total. The first kappa shape index (κ1) is 20.5. The van der Waals surface area contributed by atoms with Gasteiger partial charge in [-0.1, -0.05) is 24.3 Å². The summed E-state index contributed by atoms with van der Waals surface area (Å²) in [4.78, 5) is 27.3. The molecule has 4 rings (SSSR count). The second-order valence-corrected chi connectivity index (χ2v) is 7.47. The molecule has 1 saturated heterocycles. The van der Waals surface area contributed by atoms with Gasteiger partial charge in [0, 0.05) is 16.8 Å². The second kappa shape index (κ2) is 7.80. The van der Waals surface area contributed by atoms with E-state index in [1.807, 2.05) is 19.9 Å². The van der Waals surface area contributed by atoms with Gasteiger partial charge >= 0.3 is 0 Å². The Balaban J connectivity index is 1.98. The minimum atomic E-state index is -1.17. The Morgan fingerprint density at radius 1 is 0.903 bits per heavy atom. The first-order valence-corrected chi connectivity index (χ1v) is 9.68. The van der Waals surface area contributed by atoms with E-state index in [-0.39, 0.29) is 16.7 Å². The number of hydrogen-bond donors (Lipinski definition) is 1. The highest BCUT2D eigenvalue weighted by Gasteiger charge is 2.47. The predicted octanol–water partition coefficient (Wildman–Crippen LogP) is 5.21. The summed E-state index contributed by atoms with van der Waals surface area (Å²) in [6.07, 6.45) is 0. The monoisotopic (exact) mass is 419 g/mol. The number of rotatable bonds is 3. The molecule has 0 spiro atoms. The van der Waals surface area contributed by atoms with Gasteiger partial charge < -0.3 is 5.11 Å². The molecule has 1 atom stereocenters. The lowest BCUT2D eigenvalue weighted by molar-refractivity contribution is -0.132. The number of nitrogens with zero attached hydrogens (tertiary/aromatic N) is 1. The van der Waals surface area contributed by atoms with Crippen LogP contribution in [0.15, 0.2) is 72.3 Å². The van der Waals surface area contributed by atoms with Crippen molar-refractivity contribution in [1.82, 2.24) is 0 Å². The fraction of sp³-hybridized carbons (Fsp3) is 0.120. The highest BCUT2D eigenvalue weighted by Crippen LogP contribution is 2.43. The number of aliphatic hydroxyl groups excluding tert-OH is 1. The number of carbonyl (C=O) groups is 2. The van der Waals surface area contributed by atoms with E-state index in [4.69, 9.17) is 0 Å². The van der Waals surface area contributed by atoms with E-state index in [1.54, 1.807) is 18.2 Å². The van der Waals surface area contributed by atoms with E-state index in [2.05, 4.69) is 0 Å². The Kier molecular flexibility index (Phi) is 5.15. The number of anilines is 1. The largest absolute Gasteiger partial charge is 0.507 e. The normalized spacial score (nSPS) is 17.9. The van der Waals surface area contributed by atoms with Crippen LogP contribution in [0.3, 0.4) is 0 Å². The van der Waals surface area contributed by atoms with E-state index >= 15 is 0 Å². The third-order valence-electron chi connectivity index (χ3n) is 5.53. The second-order valence-electron chi connectivity index (χ2n) is 7.47. The minimum absolute atomic E-state index is 0.0728. The number of aryl methyl sites for hydroxylation is 2. The molecular formula is C25H19F2NO3. The van der Waals surface area contributed by atoms with Crippen LogP contribution >= 0.6 is 0 Å². The van der Waals surface area contributed by atoms with E-state index < -0.39 is 35.1 Å². The smallest absolute Gasteiger partial charge is 0.300 e. The van der Waals surface area contributed by atoms with Crippen LogP contribution in [0.25, 0.3) is 5.76 Å². The van der Waals surface area contributed by atoms with E-state index in [0.717, 1.165) is 23.3 Å². The van der Waals surface area contributed by atoms with Crippen molar-refractivity contribution in [1.29, 1.82) is 0 Å². The summed E-state index contributed by atoms with van der Waals surface area (Å²) < 4.78 is 28.2. The highest BCUT2D eigenvalue weighted by molar-refractivity contribution is 6.51. The van der Waals surface area contributed by atoms with Crippen molar-refractivity contribution in [3.8, 4) is 0 Å². The number of halogens is 2. The predicted molar refractivity (Wildman–Crippen MR) is 113 cm³/mol.